The van der Waals surface area contributed by atoms with Gasteiger partial charge in [-0.3, -0.25) is 4.79 Å². The zero-order chi connectivity index (χ0) is 21.3. The molecule has 0 saturated carbocycles. The largest absolute Gasteiger partial charge is 0.471 e. The van der Waals surface area contributed by atoms with Crippen LogP contribution in [-0.2, 0) is 6.18 Å². The number of hydrogen-bond donors (Lipinski definition) is 0. The number of pyridine rings is 1. The molecule has 1 fully saturated rings. The van der Waals surface area contributed by atoms with Gasteiger partial charge in [0.2, 0.25) is 5.82 Å². The molecule has 156 valence electrons. The second-order valence-electron chi connectivity index (χ2n) is 6.59. The van der Waals surface area contributed by atoms with Crippen LogP contribution in [0.1, 0.15) is 16.2 Å². The summed E-state index contributed by atoms with van der Waals surface area (Å²) in [6.07, 6.45) is -3.35. The number of carbonyl (C=O) groups excluding carboxylic acids is 1. The lowest BCUT2D eigenvalue weighted by molar-refractivity contribution is -0.159. The highest BCUT2D eigenvalue weighted by atomic mass is 19.4. The number of alkyl halides is 3. The molecule has 1 aliphatic heterocycles. The molecule has 0 atom stereocenters. The standard InChI is InChI=1S/C19H15F4N5O2/c20-14-4-2-1-3-13(14)17(29)28-9-7-27(8-10-28)15-6-5-12(11-24-15)16-25-18(30-26-16)19(21,22)23/h1-6,11H,7-10H2. The van der Waals surface area contributed by atoms with Crippen molar-refractivity contribution in [1.29, 1.82) is 0 Å². The van der Waals surface area contributed by atoms with E-state index in [1.165, 1.54) is 24.4 Å². The van der Waals surface area contributed by atoms with Crippen molar-refractivity contribution >= 4 is 11.7 Å². The van der Waals surface area contributed by atoms with Gasteiger partial charge in [0.05, 0.1) is 5.56 Å². The summed E-state index contributed by atoms with van der Waals surface area (Å²) in [5.74, 6) is -1.96. The Kier molecular flexibility index (Phi) is 5.10. The number of halogens is 4. The minimum atomic E-state index is -4.71. The van der Waals surface area contributed by atoms with Gasteiger partial charge in [0, 0.05) is 37.9 Å². The van der Waals surface area contributed by atoms with Crippen molar-refractivity contribution in [2.24, 2.45) is 0 Å². The smallest absolute Gasteiger partial charge is 0.353 e. The molecule has 0 unspecified atom stereocenters. The number of hydrogen-bond acceptors (Lipinski definition) is 6. The topological polar surface area (TPSA) is 75.4 Å². The summed E-state index contributed by atoms with van der Waals surface area (Å²) in [5.41, 5.74) is 0.318. The summed E-state index contributed by atoms with van der Waals surface area (Å²) < 4.78 is 55.8. The third-order valence-electron chi connectivity index (χ3n) is 4.67. The van der Waals surface area contributed by atoms with E-state index in [1.807, 2.05) is 4.90 Å². The zero-order valence-corrected chi connectivity index (χ0v) is 15.4. The van der Waals surface area contributed by atoms with E-state index in [2.05, 4.69) is 19.6 Å². The summed E-state index contributed by atoms with van der Waals surface area (Å²) in [6.45, 7) is 1.73. The Morgan fingerprint density at radius 1 is 1.03 bits per heavy atom. The predicted octanol–water partition coefficient (Wildman–Crippen LogP) is 3.25. The van der Waals surface area contributed by atoms with Crippen molar-refractivity contribution in [3.05, 3.63) is 59.9 Å². The summed E-state index contributed by atoms with van der Waals surface area (Å²) in [4.78, 5) is 23.6. The summed E-state index contributed by atoms with van der Waals surface area (Å²) in [5, 5.41) is 3.33. The maximum absolute atomic E-state index is 13.8. The van der Waals surface area contributed by atoms with Crippen LogP contribution in [0, 0.1) is 5.82 Å². The van der Waals surface area contributed by atoms with Gasteiger partial charge in [-0.25, -0.2) is 9.37 Å². The molecular weight excluding hydrogens is 406 g/mol. The molecule has 11 heteroatoms. The first-order chi connectivity index (χ1) is 14.3. The Morgan fingerprint density at radius 3 is 2.37 bits per heavy atom. The minimum Gasteiger partial charge on any atom is -0.353 e. The first kappa shape index (κ1) is 19.8. The van der Waals surface area contributed by atoms with E-state index in [9.17, 15) is 22.4 Å². The maximum atomic E-state index is 13.8. The second kappa shape index (κ2) is 7.73. The number of amides is 1. The van der Waals surface area contributed by atoms with Crippen molar-refractivity contribution in [1.82, 2.24) is 20.0 Å². The molecule has 0 bridgehead atoms. The highest BCUT2D eigenvalue weighted by Gasteiger charge is 2.38. The molecule has 7 nitrogen and oxygen atoms in total. The fraction of sp³-hybridized carbons (Fsp3) is 0.263. The Labute approximate surface area is 167 Å². The van der Waals surface area contributed by atoms with Crippen LogP contribution in [-0.4, -0.2) is 52.1 Å². The lowest BCUT2D eigenvalue weighted by Gasteiger charge is -2.35. The van der Waals surface area contributed by atoms with Crippen LogP contribution in [0.5, 0.6) is 0 Å². The number of rotatable bonds is 3. The summed E-state index contributed by atoms with van der Waals surface area (Å²) in [6, 6.07) is 9.01. The monoisotopic (exact) mass is 421 g/mol. The number of carbonyl (C=O) groups is 1. The number of aromatic nitrogens is 3. The van der Waals surface area contributed by atoms with Crippen LogP contribution in [0.15, 0.2) is 47.1 Å². The van der Waals surface area contributed by atoms with Crippen LogP contribution in [0.25, 0.3) is 11.4 Å². The number of piperazine rings is 1. The normalized spacial score (nSPS) is 14.8. The van der Waals surface area contributed by atoms with E-state index < -0.39 is 17.9 Å². The van der Waals surface area contributed by atoms with Gasteiger partial charge in [-0.05, 0) is 24.3 Å². The Hall–Kier alpha value is -3.50. The van der Waals surface area contributed by atoms with Crippen molar-refractivity contribution in [2.45, 2.75) is 6.18 Å². The van der Waals surface area contributed by atoms with Gasteiger partial charge in [-0.1, -0.05) is 17.3 Å². The second-order valence-corrected chi connectivity index (χ2v) is 6.59. The molecule has 0 radical (unpaired) electrons. The average Bonchev–Trinajstić information content (AvgIpc) is 3.25. The van der Waals surface area contributed by atoms with Gasteiger partial charge in [-0.2, -0.15) is 18.2 Å². The Balaban J connectivity index is 1.40. The van der Waals surface area contributed by atoms with Crippen molar-refractivity contribution in [3.8, 4) is 11.4 Å². The van der Waals surface area contributed by atoms with Gasteiger partial charge in [-0.15, -0.1) is 0 Å². The molecule has 4 rings (SSSR count). The molecule has 3 aromatic rings. The predicted molar refractivity (Wildman–Crippen MR) is 97.0 cm³/mol. The van der Waals surface area contributed by atoms with Gasteiger partial charge >= 0.3 is 12.1 Å². The Bertz CT molecular complexity index is 1040. The first-order valence-electron chi connectivity index (χ1n) is 8.99. The third-order valence-corrected chi connectivity index (χ3v) is 4.67. The molecule has 0 aliphatic carbocycles. The molecule has 1 aromatic carbocycles. The molecular formula is C19H15F4N5O2. The van der Waals surface area contributed by atoms with Crippen LogP contribution in [0.2, 0.25) is 0 Å². The Morgan fingerprint density at radius 2 is 1.77 bits per heavy atom. The van der Waals surface area contributed by atoms with Gasteiger partial charge < -0.3 is 14.3 Å². The van der Waals surface area contributed by atoms with Gasteiger partial charge in [0.15, 0.2) is 0 Å². The quantitative estimate of drug-likeness (QED) is 0.605. The van der Waals surface area contributed by atoms with E-state index in [1.54, 1.807) is 23.1 Å². The first-order valence-corrected chi connectivity index (χ1v) is 8.99. The highest BCUT2D eigenvalue weighted by molar-refractivity contribution is 5.94. The SMILES string of the molecule is O=C(c1ccccc1F)N1CCN(c2ccc(-c3noc(C(F)(F)F)n3)cn2)CC1. The third kappa shape index (κ3) is 3.95. The summed E-state index contributed by atoms with van der Waals surface area (Å²) >= 11 is 0. The number of nitrogens with zero attached hydrogens (tertiary/aromatic N) is 5. The molecule has 1 saturated heterocycles. The van der Waals surface area contributed by atoms with Crippen molar-refractivity contribution < 1.29 is 26.9 Å². The van der Waals surface area contributed by atoms with E-state index in [4.69, 9.17) is 0 Å². The van der Waals surface area contributed by atoms with Gasteiger partial charge in [0.25, 0.3) is 5.91 Å². The maximum Gasteiger partial charge on any atom is 0.471 e. The average molecular weight is 421 g/mol. The van der Waals surface area contributed by atoms with Gasteiger partial charge in [0.1, 0.15) is 11.6 Å². The van der Waals surface area contributed by atoms with E-state index >= 15 is 0 Å². The minimum absolute atomic E-state index is 0.0340. The lowest BCUT2D eigenvalue weighted by Crippen LogP contribution is -2.49. The van der Waals surface area contributed by atoms with Crippen molar-refractivity contribution in [3.63, 3.8) is 0 Å². The van der Waals surface area contributed by atoms with Crippen molar-refractivity contribution in [2.75, 3.05) is 31.1 Å². The zero-order valence-electron chi connectivity index (χ0n) is 15.4. The molecule has 30 heavy (non-hydrogen) atoms. The van der Waals surface area contributed by atoms with E-state index in [0.29, 0.717) is 32.0 Å². The number of benzene rings is 1. The molecule has 0 spiro atoms. The molecule has 3 heterocycles. The van der Waals surface area contributed by atoms with Crippen LogP contribution in [0.4, 0.5) is 23.4 Å². The summed E-state index contributed by atoms with van der Waals surface area (Å²) in [7, 11) is 0. The van der Waals surface area contributed by atoms with E-state index in [-0.39, 0.29) is 22.9 Å². The van der Waals surface area contributed by atoms with Crippen LogP contribution < -0.4 is 4.90 Å². The molecule has 2 aromatic heterocycles. The van der Waals surface area contributed by atoms with Crippen LogP contribution >= 0.6 is 0 Å². The number of anilines is 1. The van der Waals surface area contributed by atoms with Crippen LogP contribution in [0.3, 0.4) is 0 Å². The molecule has 1 amide bonds. The molecule has 1 aliphatic rings. The van der Waals surface area contributed by atoms with E-state index in [0.717, 1.165) is 0 Å². The lowest BCUT2D eigenvalue weighted by atomic mass is 10.1. The fourth-order valence-electron chi connectivity index (χ4n) is 3.10. The molecule has 0 N–H and O–H groups in total. The fourth-order valence-corrected chi connectivity index (χ4v) is 3.10. The highest BCUT2D eigenvalue weighted by Crippen LogP contribution is 2.29.